The number of rotatable bonds is 6. The first-order valence-electron chi connectivity index (χ1n) is 5.68. The van der Waals surface area contributed by atoms with Gasteiger partial charge in [0.2, 0.25) is 5.91 Å². The van der Waals surface area contributed by atoms with Crippen LogP contribution in [0.2, 0.25) is 0 Å². The summed E-state index contributed by atoms with van der Waals surface area (Å²) >= 11 is 0. The summed E-state index contributed by atoms with van der Waals surface area (Å²) in [5.41, 5.74) is 0.191. The van der Waals surface area contributed by atoms with Gasteiger partial charge in [0.1, 0.15) is 12.4 Å². The van der Waals surface area contributed by atoms with Gasteiger partial charge in [-0.25, -0.2) is 0 Å². The predicted octanol–water partition coefficient (Wildman–Crippen LogP) is -1.21. The molecular weight excluding hydrogens is 266 g/mol. The van der Waals surface area contributed by atoms with Crippen molar-refractivity contribution in [2.75, 3.05) is 32.5 Å². The molecule has 0 aliphatic carbocycles. The minimum absolute atomic E-state index is 0.136. The first-order chi connectivity index (χ1) is 9.40. The third-order valence-corrected chi connectivity index (χ3v) is 2.16. The number of carboxylic acid groups (broad SMARTS) is 1. The third-order valence-electron chi connectivity index (χ3n) is 2.16. The first kappa shape index (κ1) is 15.3. The highest BCUT2D eigenvalue weighted by atomic mass is 16.4. The van der Waals surface area contributed by atoms with Crippen molar-refractivity contribution in [1.82, 2.24) is 20.4 Å². The molecule has 0 aliphatic heterocycles. The lowest BCUT2D eigenvalue weighted by Crippen LogP contribution is -2.34. The summed E-state index contributed by atoms with van der Waals surface area (Å²) < 4.78 is 0. The summed E-state index contributed by atoms with van der Waals surface area (Å²) in [6.45, 7) is -0.578. The third kappa shape index (κ3) is 4.88. The molecule has 2 amide bonds. The minimum Gasteiger partial charge on any atom is -0.480 e. The highest BCUT2D eigenvalue weighted by Gasteiger charge is 2.10. The Morgan fingerprint density at radius 2 is 1.90 bits per heavy atom. The van der Waals surface area contributed by atoms with E-state index in [4.69, 9.17) is 5.11 Å². The summed E-state index contributed by atoms with van der Waals surface area (Å²) in [5, 5.41) is 20.7. The Kier molecular flexibility index (Phi) is 5.39. The predicted molar refractivity (Wildman–Crippen MR) is 69.2 cm³/mol. The number of aliphatic carboxylic acids is 1. The van der Waals surface area contributed by atoms with Crippen molar-refractivity contribution >= 4 is 23.6 Å². The summed E-state index contributed by atoms with van der Waals surface area (Å²) in [7, 11) is 3.20. The van der Waals surface area contributed by atoms with Gasteiger partial charge in [0.15, 0.2) is 5.69 Å². The number of nitrogens with zero attached hydrogens (tertiary/aromatic N) is 3. The number of nitrogens with one attached hydrogen (secondary N) is 2. The van der Waals surface area contributed by atoms with Crippen LogP contribution in [0, 0.1) is 0 Å². The Morgan fingerprint density at radius 3 is 2.40 bits per heavy atom. The Bertz CT molecular complexity index is 500. The molecule has 0 aliphatic rings. The van der Waals surface area contributed by atoms with Crippen LogP contribution in [0.4, 0.5) is 5.82 Å². The van der Waals surface area contributed by atoms with Gasteiger partial charge in [-0.3, -0.25) is 14.4 Å². The van der Waals surface area contributed by atoms with Crippen molar-refractivity contribution in [3.8, 4) is 0 Å². The van der Waals surface area contributed by atoms with E-state index in [1.165, 1.54) is 17.0 Å². The van der Waals surface area contributed by atoms with Crippen LogP contribution in [0.15, 0.2) is 12.1 Å². The molecule has 9 nitrogen and oxygen atoms in total. The monoisotopic (exact) mass is 281 g/mol. The molecule has 108 valence electrons. The van der Waals surface area contributed by atoms with Gasteiger partial charge in [-0.15, -0.1) is 10.2 Å². The average molecular weight is 281 g/mol. The van der Waals surface area contributed by atoms with Crippen molar-refractivity contribution in [3.63, 3.8) is 0 Å². The zero-order valence-electron chi connectivity index (χ0n) is 11.1. The minimum atomic E-state index is -1.12. The molecule has 0 atom stereocenters. The van der Waals surface area contributed by atoms with Crippen molar-refractivity contribution in [2.45, 2.75) is 0 Å². The van der Waals surface area contributed by atoms with E-state index in [0.717, 1.165) is 0 Å². The molecule has 3 N–H and O–H groups in total. The Hall–Kier alpha value is -2.71. The zero-order chi connectivity index (χ0) is 15.1. The number of amides is 2. The highest BCUT2D eigenvalue weighted by molar-refractivity contribution is 5.91. The summed E-state index contributed by atoms with van der Waals surface area (Å²) in [6, 6.07) is 2.99. The van der Waals surface area contributed by atoms with Crippen molar-refractivity contribution < 1.29 is 19.5 Å². The summed E-state index contributed by atoms with van der Waals surface area (Å²) in [5.74, 6) is -1.57. The normalized spacial score (nSPS) is 9.70. The number of hydrogen-bond acceptors (Lipinski definition) is 6. The van der Waals surface area contributed by atoms with Crippen molar-refractivity contribution in [2.24, 2.45) is 0 Å². The fourth-order valence-electron chi connectivity index (χ4n) is 1.18. The number of aromatic nitrogens is 2. The second kappa shape index (κ2) is 7.02. The molecule has 0 aromatic carbocycles. The van der Waals surface area contributed by atoms with Gasteiger partial charge in [0.05, 0.1) is 6.54 Å². The van der Waals surface area contributed by atoms with Crippen LogP contribution in [0.1, 0.15) is 10.5 Å². The molecule has 1 heterocycles. The highest BCUT2D eigenvalue weighted by Crippen LogP contribution is 2.03. The second-order valence-electron chi connectivity index (χ2n) is 4.03. The van der Waals surface area contributed by atoms with Gasteiger partial charge < -0.3 is 20.6 Å². The summed E-state index contributed by atoms with van der Waals surface area (Å²) in [4.78, 5) is 34.4. The smallest absolute Gasteiger partial charge is 0.322 e. The second-order valence-corrected chi connectivity index (χ2v) is 4.03. The van der Waals surface area contributed by atoms with Crippen LogP contribution in [0.25, 0.3) is 0 Å². The Morgan fingerprint density at radius 1 is 1.20 bits per heavy atom. The first-order valence-corrected chi connectivity index (χ1v) is 5.68. The van der Waals surface area contributed by atoms with Crippen LogP contribution in [-0.4, -0.2) is 65.2 Å². The Balaban J connectivity index is 2.48. The maximum absolute atomic E-state index is 11.6. The van der Waals surface area contributed by atoms with E-state index >= 15 is 0 Å². The van der Waals surface area contributed by atoms with E-state index in [1.54, 1.807) is 14.1 Å². The lowest BCUT2D eigenvalue weighted by Gasteiger charge is -2.09. The molecule has 20 heavy (non-hydrogen) atoms. The molecular formula is C11H15N5O4. The maximum atomic E-state index is 11.6. The van der Waals surface area contributed by atoms with Gasteiger partial charge in [0.25, 0.3) is 5.91 Å². The van der Waals surface area contributed by atoms with Crippen LogP contribution in [-0.2, 0) is 9.59 Å². The number of carboxylic acids is 1. The molecule has 0 unspecified atom stereocenters. The topological polar surface area (TPSA) is 125 Å². The molecule has 1 aromatic rings. The van der Waals surface area contributed by atoms with Gasteiger partial charge >= 0.3 is 5.97 Å². The fraction of sp³-hybridized carbons (Fsp3) is 0.364. The maximum Gasteiger partial charge on any atom is 0.322 e. The molecule has 0 spiro atoms. The molecule has 1 rings (SSSR count). The fourth-order valence-corrected chi connectivity index (χ4v) is 1.18. The molecule has 0 saturated heterocycles. The largest absolute Gasteiger partial charge is 0.480 e. The van der Waals surface area contributed by atoms with Crippen LogP contribution >= 0.6 is 0 Å². The van der Waals surface area contributed by atoms with E-state index in [1.807, 2.05) is 0 Å². The molecule has 1 aromatic heterocycles. The molecule has 0 saturated carbocycles. The van der Waals surface area contributed by atoms with Gasteiger partial charge in [-0.05, 0) is 12.1 Å². The van der Waals surface area contributed by atoms with Gasteiger partial charge in [-0.2, -0.15) is 0 Å². The summed E-state index contributed by atoms with van der Waals surface area (Å²) in [6.07, 6.45) is 0. The van der Waals surface area contributed by atoms with Crippen LogP contribution in [0.3, 0.4) is 0 Å². The number of anilines is 1. The zero-order valence-corrected chi connectivity index (χ0v) is 11.1. The number of carbonyl (C=O) groups excluding carboxylic acids is 2. The lowest BCUT2D eigenvalue weighted by atomic mass is 10.3. The van der Waals surface area contributed by atoms with Gasteiger partial charge in [0, 0.05) is 14.1 Å². The van der Waals surface area contributed by atoms with Crippen LogP contribution in [0.5, 0.6) is 0 Å². The van der Waals surface area contributed by atoms with Crippen molar-refractivity contribution in [3.05, 3.63) is 17.8 Å². The standard InChI is InChI=1S/C11H15N5O4/c1-16(2)11(20)7-3-4-8(15-14-7)12-5-9(17)13-6-10(18)19/h3-4H,5-6H2,1-2H3,(H,12,15)(H,13,17)(H,18,19). The van der Waals surface area contributed by atoms with E-state index in [2.05, 4.69) is 20.8 Å². The van der Waals surface area contributed by atoms with E-state index in [-0.39, 0.29) is 18.1 Å². The quantitative estimate of drug-likeness (QED) is 0.597. The molecule has 0 radical (unpaired) electrons. The number of carbonyl (C=O) groups is 3. The lowest BCUT2D eigenvalue weighted by molar-refractivity contribution is -0.137. The Labute approximate surface area is 115 Å². The van der Waals surface area contributed by atoms with E-state index in [0.29, 0.717) is 5.82 Å². The average Bonchev–Trinajstić information content (AvgIpc) is 2.42. The van der Waals surface area contributed by atoms with Gasteiger partial charge in [-0.1, -0.05) is 0 Å². The van der Waals surface area contributed by atoms with Crippen LogP contribution < -0.4 is 10.6 Å². The van der Waals surface area contributed by atoms with Crippen molar-refractivity contribution in [1.29, 1.82) is 0 Å². The number of hydrogen-bond donors (Lipinski definition) is 3. The SMILES string of the molecule is CN(C)C(=O)c1ccc(NCC(=O)NCC(=O)O)nn1. The molecule has 0 bridgehead atoms. The molecule has 9 heteroatoms. The molecule has 0 fully saturated rings. The van der Waals surface area contributed by atoms with E-state index < -0.39 is 18.4 Å². The van der Waals surface area contributed by atoms with E-state index in [9.17, 15) is 14.4 Å².